The molecule has 0 aliphatic rings. The molecule has 0 atom stereocenters. The molecule has 0 saturated carbocycles. The van der Waals surface area contributed by atoms with Crippen LogP contribution >= 0.6 is 11.3 Å². The number of rotatable bonds is 8. The number of thiophene rings is 1. The van der Waals surface area contributed by atoms with Crippen molar-refractivity contribution < 1.29 is 0 Å². The lowest BCUT2D eigenvalue weighted by Crippen LogP contribution is -2.03. The summed E-state index contributed by atoms with van der Waals surface area (Å²) in [7, 11) is 0. The van der Waals surface area contributed by atoms with E-state index in [1.54, 1.807) is 0 Å². The molecule has 0 saturated heterocycles. The first-order chi connectivity index (χ1) is 30.3. The zero-order valence-corrected chi connectivity index (χ0v) is 33.9. The first kappa shape index (κ1) is 36.3. The van der Waals surface area contributed by atoms with Gasteiger partial charge in [0, 0.05) is 48.0 Å². The maximum absolute atomic E-state index is 5.11. The summed E-state index contributed by atoms with van der Waals surface area (Å²) in [6.45, 7) is 0. The van der Waals surface area contributed by atoms with Crippen LogP contribution in [0, 0.1) is 0 Å². The molecule has 11 rings (SSSR count). The van der Waals surface area contributed by atoms with Gasteiger partial charge in [-0.25, -0.2) is 0 Å². The standard InChI is InChI=1S/C57H37N3S/c1-5-20-38(21-6-1)42-28-13-15-30-45(42)47-36-37-51-53(48-32-17-18-35-50(48)61-51)54(47)52-44(40-24-9-3-10-25-40)33-19-34-49(52)57-55(56(58-60-59-57)41-26-11-4-12-27-41)46-31-16-14-29-43(46)39-22-7-2-8-23-39/h1-37H. The molecule has 0 fully saturated rings. The van der Waals surface area contributed by atoms with E-state index >= 15 is 0 Å². The maximum atomic E-state index is 5.11. The van der Waals surface area contributed by atoms with E-state index in [9.17, 15) is 0 Å². The fraction of sp³-hybridized carbons (Fsp3) is 0. The molecule has 286 valence electrons. The topological polar surface area (TPSA) is 38.7 Å². The highest BCUT2D eigenvalue weighted by Gasteiger charge is 2.28. The van der Waals surface area contributed by atoms with Crippen molar-refractivity contribution in [3.63, 3.8) is 0 Å². The zero-order chi connectivity index (χ0) is 40.5. The van der Waals surface area contributed by atoms with Gasteiger partial charge in [0.1, 0.15) is 11.4 Å². The molecule has 0 aliphatic carbocycles. The van der Waals surface area contributed by atoms with Gasteiger partial charge in [-0.15, -0.1) is 21.5 Å². The van der Waals surface area contributed by atoms with Crippen LogP contribution in [-0.4, -0.2) is 15.4 Å². The van der Waals surface area contributed by atoms with E-state index in [1.165, 1.54) is 31.3 Å². The van der Waals surface area contributed by atoms with Crippen LogP contribution < -0.4 is 0 Å². The van der Waals surface area contributed by atoms with Crippen molar-refractivity contribution in [2.24, 2.45) is 0 Å². The molecule has 0 radical (unpaired) electrons. The zero-order valence-electron chi connectivity index (χ0n) is 33.1. The molecule has 0 aliphatic heterocycles. The number of hydrogen-bond acceptors (Lipinski definition) is 4. The lowest BCUT2D eigenvalue weighted by molar-refractivity contribution is 0.879. The highest BCUT2D eigenvalue weighted by Crippen LogP contribution is 2.53. The molecule has 3 nitrogen and oxygen atoms in total. The smallest absolute Gasteiger partial charge is 0.105 e. The normalized spacial score (nSPS) is 11.3. The minimum atomic E-state index is 0.767. The highest BCUT2D eigenvalue weighted by molar-refractivity contribution is 7.26. The van der Waals surface area contributed by atoms with Gasteiger partial charge in [0.2, 0.25) is 0 Å². The third-order valence-electron chi connectivity index (χ3n) is 11.6. The lowest BCUT2D eigenvalue weighted by atomic mass is 9.80. The first-order valence-electron chi connectivity index (χ1n) is 20.5. The summed E-state index contributed by atoms with van der Waals surface area (Å²) >= 11 is 1.84. The van der Waals surface area contributed by atoms with E-state index in [1.807, 2.05) is 17.4 Å². The Morgan fingerprint density at radius 1 is 0.262 bits per heavy atom. The van der Waals surface area contributed by atoms with E-state index in [0.29, 0.717) is 0 Å². The SMILES string of the molecule is c1ccc(-c2ccccc2-c2ccc3sc4ccccc4c3c2-c2c(-c3ccccc3)cccc2-c2nnnc(-c3ccccc3)c2-c2ccccc2-c2ccccc2)cc1. The van der Waals surface area contributed by atoms with E-state index < -0.39 is 0 Å². The fourth-order valence-electron chi connectivity index (χ4n) is 8.90. The number of benzene rings is 9. The van der Waals surface area contributed by atoms with Gasteiger partial charge in [0.15, 0.2) is 0 Å². The van der Waals surface area contributed by atoms with Crippen LogP contribution in [0.2, 0.25) is 0 Å². The van der Waals surface area contributed by atoms with Gasteiger partial charge in [-0.05, 0) is 67.4 Å². The van der Waals surface area contributed by atoms with Crippen molar-refractivity contribution in [2.45, 2.75) is 0 Å². The second-order valence-corrected chi connectivity index (χ2v) is 16.2. The van der Waals surface area contributed by atoms with Crippen molar-refractivity contribution in [1.82, 2.24) is 15.4 Å². The van der Waals surface area contributed by atoms with Gasteiger partial charge >= 0.3 is 0 Å². The predicted molar refractivity (Wildman–Crippen MR) is 256 cm³/mol. The summed E-state index contributed by atoms with van der Waals surface area (Å²) in [5, 5.41) is 17.0. The molecule has 4 heteroatoms. The van der Waals surface area contributed by atoms with E-state index in [4.69, 9.17) is 10.2 Å². The van der Waals surface area contributed by atoms with Crippen LogP contribution in [0.25, 0.3) is 109 Å². The Kier molecular flexibility index (Phi) is 9.38. The molecule has 0 N–H and O–H groups in total. The Morgan fingerprint density at radius 2 is 0.738 bits per heavy atom. The van der Waals surface area contributed by atoms with Gasteiger partial charge in [0.05, 0.1) is 0 Å². The van der Waals surface area contributed by atoms with E-state index in [-0.39, 0.29) is 0 Å². The summed E-state index contributed by atoms with van der Waals surface area (Å²) in [5.74, 6) is 0. The number of aromatic nitrogens is 3. The van der Waals surface area contributed by atoms with Gasteiger partial charge in [-0.1, -0.05) is 212 Å². The second-order valence-electron chi connectivity index (χ2n) is 15.1. The maximum Gasteiger partial charge on any atom is 0.105 e. The Morgan fingerprint density at radius 3 is 1.39 bits per heavy atom. The largest absolute Gasteiger partial charge is 0.135 e. The fourth-order valence-corrected chi connectivity index (χ4v) is 10.0. The Hall–Kier alpha value is -7.79. The van der Waals surface area contributed by atoms with Crippen LogP contribution in [0.1, 0.15) is 0 Å². The van der Waals surface area contributed by atoms with Crippen molar-refractivity contribution in [3.8, 4) is 89.3 Å². The first-order valence-corrected chi connectivity index (χ1v) is 21.4. The van der Waals surface area contributed by atoms with Crippen LogP contribution in [0.5, 0.6) is 0 Å². The Balaban J connectivity index is 1.32. The average molecular weight is 796 g/mol. The van der Waals surface area contributed by atoms with Crippen molar-refractivity contribution in [3.05, 3.63) is 224 Å². The highest BCUT2D eigenvalue weighted by atomic mass is 32.1. The second kappa shape index (κ2) is 15.8. The molecule has 2 aromatic heterocycles. The molecular formula is C57H37N3S. The summed E-state index contributed by atoms with van der Waals surface area (Å²) in [6, 6.07) is 80.0. The van der Waals surface area contributed by atoms with Crippen LogP contribution in [0.4, 0.5) is 0 Å². The van der Waals surface area contributed by atoms with E-state index in [0.717, 1.165) is 78.1 Å². The summed E-state index contributed by atoms with van der Waals surface area (Å²) in [4.78, 5) is 0. The molecule has 9 aromatic carbocycles. The van der Waals surface area contributed by atoms with Crippen molar-refractivity contribution in [2.75, 3.05) is 0 Å². The summed E-state index contributed by atoms with van der Waals surface area (Å²) < 4.78 is 2.48. The molecule has 0 amide bonds. The van der Waals surface area contributed by atoms with Gasteiger partial charge in [0.25, 0.3) is 0 Å². The lowest BCUT2D eigenvalue weighted by Gasteiger charge is -2.23. The van der Waals surface area contributed by atoms with Gasteiger partial charge in [-0.2, -0.15) is 0 Å². The quantitative estimate of drug-likeness (QED) is 0.154. The third-order valence-corrected chi connectivity index (χ3v) is 12.7. The van der Waals surface area contributed by atoms with Crippen molar-refractivity contribution in [1.29, 1.82) is 0 Å². The molecular weight excluding hydrogens is 759 g/mol. The number of hydrogen-bond donors (Lipinski definition) is 0. The van der Waals surface area contributed by atoms with Crippen molar-refractivity contribution >= 4 is 31.5 Å². The molecule has 0 spiro atoms. The summed E-state index contributed by atoms with van der Waals surface area (Å²) in [6.07, 6.45) is 0. The predicted octanol–water partition coefficient (Wildman–Crippen LogP) is 15.6. The van der Waals surface area contributed by atoms with Crippen LogP contribution in [0.15, 0.2) is 224 Å². The van der Waals surface area contributed by atoms with E-state index in [2.05, 4.69) is 224 Å². The van der Waals surface area contributed by atoms with Gasteiger partial charge < -0.3 is 0 Å². The number of fused-ring (bicyclic) bond motifs is 3. The van der Waals surface area contributed by atoms with Crippen LogP contribution in [0.3, 0.4) is 0 Å². The molecule has 11 aromatic rings. The Bertz CT molecular complexity index is 3340. The molecule has 61 heavy (non-hydrogen) atoms. The average Bonchev–Trinajstić information content (AvgIpc) is 3.73. The molecule has 0 bridgehead atoms. The monoisotopic (exact) mass is 795 g/mol. The minimum Gasteiger partial charge on any atom is -0.135 e. The molecule has 2 heterocycles. The van der Waals surface area contributed by atoms with Gasteiger partial charge in [-0.3, -0.25) is 0 Å². The number of nitrogens with zero attached hydrogens (tertiary/aromatic N) is 3. The summed E-state index contributed by atoms with van der Waals surface area (Å²) in [5.41, 5.74) is 16.8. The minimum absolute atomic E-state index is 0.767. The third kappa shape index (κ3) is 6.51. The molecule has 0 unspecified atom stereocenters. The van der Waals surface area contributed by atoms with Crippen LogP contribution in [-0.2, 0) is 0 Å². The Labute approximate surface area is 358 Å².